The lowest BCUT2D eigenvalue weighted by molar-refractivity contribution is -0.121. The number of likely N-dealkylation sites (tertiary alicyclic amines) is 2. The second kappa shape index (κ2) is 10.8. The minimum atomic E-state index is -0.342. The molecule has 35 heavy (non-hydrogen) atoms. The summed E-state index contributed by atoms with van der Waals surface area (Å²) < 4.78 is 14.5. The SMILES string of the molecule is Cn1ncc(-c2ccc3cnc(NC(=O)C4CCN(CCF)CC4)cc3n2)c1CN1CCCCC1. The highest BCUT2D eigenvalue weighted by atomic mass is 19.1. The molecular formula is C26H34FN7O. The monoisotopic (exact) mass is 479 g/mol. The summed E-state index contributed by atoms with van der Waals surface area (Å²) in [6.07, 6.45) is 8.94. The van der Waals surface area contributed by atoms with E-state index >= 15 is 0 Å². The molecule has 0 radical (unpaired) electrons. The van der Waals surface area contributed by atoms with Crippen molar-refractivity contribution >= 4 is 22.6 Å². The first-order valence-electron chi connectivity index (χ1n) is 12.7. The van der Waals surface area contributed by atoms with Crippen LogP contribution in [0.5, 0.6) is 0 Å². The molecule has 5 heterocycles. The Morgan fingerprint density at radius 2 is 1.89 bits per heavy atom. The highest BCUT2D eigenvalue weighted by Crippen LogP contribution is 2.27. The summed E-state index contributed by atoms with van der Waals surface area (Å²) in [6, 6.07) is 5.88. The zero-order valence-corrected chi connectivity index (χ0v) is 20.4. The smallest absolute Gasteiger partial charge is 0.228 e. The van der Waals surface area contributed by atoms with E-state index in [0.717, 1.165) is 67.7 Å². The Labute approximate surface area is 205 Å². The molecule has 0 aromatic carbocycles. The van der Waals surface area contributed by atoms with Gasteiger partial charge in [-0.05, 0) is 64.0 Å². The molecule has 9 heteroatoms. The van der Waals surface area contributed by atoms with Crippen molar-refractivity contribution in [2.45, 2.75) is 38.6 Å². The Hall–Kier alpha value is -2.91. The third-order valence-corrected chi connectivity index (χ3v) is 7.34. The van der Waals surface area contributed by atoms with Crippen LogP contribution in [0, 0.1) is 5.92 Å². The molecule has 2 aliphatic heterocycles. The number of carbonyl (C=O) groups is 1. The van der Waals surface area contributed by atoms with Gasteiger partial charge in [0.15, 0.2) is 0 Å². The summed E-state index contributed by atoms with van der Waals surface area (Å²) >= 11 is 0. The van der Waals surface area contributed by atoms with Crippen LogP contribution in [0.4, 0.5) is 10.2 Å². The zero-order valence-electron chi connectivity index (χ0n) is 20.4. The van der Waals surface area contributed by atoms with E-state index in [-0.39, 0.29) is 18.5 Å². The van der Waals surface area contributed by atoms with E-state index in [1.165, 1.54) is 25.0 Å². The number of piperidine rings is 2. The van der Waals surface area contributed by atoms with Crippen molar-refractivity contribution in [2.24, 2.45) is 13.0 Å². The van der Waals surface area contributed by atoms with Crippen LogP contribution in [-0.2, 0) is 18.4 Å². The predicted molar refractivity (Wildman–Crippen MR) is 135 cm³/mol. The molecule has 0 saturated carbocycles. The minimum Gasteiger partial charge on any atom is -0.310 e. The van der Waals surface area contributed by atoms with E-state index in [1.54, 1.807) is 6.20 Å². The van der Waals surface area contributed by atoms with Crippen molar-refractivity contribution in [2.75, 3.05) is 44.7 Å². The molecule has 2 aliphatic rings. The number of alkyl halides is 1. The molecule has 3 aromatic rings. The van der Waals surface area contributed by atoms with E-state index in [1.807, 2.05) is 36.1 Å². The fourth-order valence-electron chi connectivity index (χ4n) is 5.19. The number of amides is 1. The summed E-state index contributed by atoms with van der Waals surface area (Å²) in [6.45, 7) is 4.73. The van der Waals surface area contributed by atoms with Gasteiger partial charge in [0, 0.05) is 49.3 Å². The first-order chi connectivity index (χ1) is 17.1. The Morgan fingerprint density at radius 1 is 1.09 bits per heavy atom. The molecule has 8 nitrogen and oxygen atoms in total. The molecule has 2 saturated heterocycles. The van der Waals surface area contributed by atoms with Gasteiger partial charge in [-0.2, -0.15) is 5.10 Å². The standard InChI is InChI=1S/C26H34FN7O/c1-32-24(18-34-10-3-2-4-11-34)21(17-29-32)22-6-5-20-16-28-25(15-23(20)30-22)31-26(35)19-7-12-33(13-8-19)14-9-27/h5-6,15-17,19H,2-4,7-14,18H2,1H3,(H,28,31,35). The van der Waals surface area contributed by atoms with Gasteiger partial charge in [-0.25, -0.2) is 14.4 Å². The molecule has 5 rings (SSSR count). The Bertz CT molecular complexity index is 1170. The first-order valence-corrected chi connectivity index (χ1v) is 12.7. The molecule has 0 spiro atoms. The van der Waals surface area contributed by atoms with Crippen molar-refractivity contribution in [3.63, 3.8) is 0 Å². The maximum atomic E-state index is 12.8. The number of nitrogens with zero attached hydrogens (tertiary/aromatic N) is 6. The van der Waals surface area contributed by atoms with Crippen LogP contribution < -0.4 is 5.32 Å². The van der Waals surface area contributed by atoms with Crippen LogP contribution in [-0.4, -0.2) is 74.9 Å². The molecule has 0 unspecified atom stereocenters. The van der Waals surface area contributed by atoms with E-state index in [2.05, 4.69) is 25.2 Å². The highest BCUT2D eigenvalue weighted by molar-refractivity contribution is 5.93. The van der Waals surface area contributed by atoms with Crippen molar-refractivity contribution < 1.29 is 9.18 Å². The largest absolute Gasteiger partial charge is 0.310 e. The van der Waals surface area contributed by atoms with Crippen molar-refractivity contribution in [3.05, 3.63) is 36.3 Å². The van der Waals surface area contributed by atoms with Gasteiger partial charge in [-0.3, -0.25) is 14.4 Å². The number of aryl methyl sites for hydroxylation is 1. The Morgan fingerprint density at radius 3 is 2.66 bits per heavy atom. The topological polar surface area (TPSA) is 79.2 Å². The van der Waals surface area contributed by atoms with Crippen molar-refractivity contribution in [3.8, 4) is 11.3 Å². The molecule has 0 atom stereocenters. The van der Waals surface area contributed by atoms with Gasteiger partial charge in [-0.15, -0.1) is 0 Å². The second-order valence-electron chi connectivity index (χ2n) is 9.72. The maximum Gasteiger partial charge on any atom is 0.228 e. The Kier molecular flexibility index (Phi) is 7.34. The summed E-state index contributed by atoms with van der Waals surface area (Å²) in [4.78, 5) is 26.7. The van der Waals surface area contributed by atoms with E-state index in [4.69, 9.17) is 4.98 Å². The lowest BCUT2D eigenvalue weighted by Gasteiger charge is -2.30. The van der Waals surface area contributed by atoms with E-state index < -0.39 is 0 Å². The maximum absolute atomic E-state index is 12.8. The molecule has 1 amide bonds. The van der Waals surface area contributed by atoms with E-state index in [0.29, 0.717) is 12.4 Å². The summed E-state index contributed by atoms with van der Waals surface area (Å²) in [5, 5.41) is 8.42. The number of nitrogens with one attached hydrogen (secondary N) is 1. The number of carbonyl (C=O) groups excluding carboxylic acids is 1. The fraction of sp³-hybridized carbons (Fsp3) is 0.538. The van der Waals surface area contributed by atoms with Gasteiger partial charge in [0.25, 0.3) is 0 Å². The van der Waals surface area contributed by atoms with E-state index in [9.17, 15) is 9.18 Å². The molecule has 0 bridgehead atoms. The fourth-order valence-corrected chi connectivity index (χ4v) is 5.19. The summed E-state index contributed by atoms with van der Waals surface area (Å²) in [7, 11) is 1.99. The van der Waals surface area contributed by atoms with Gasteiger partial charge >= 0.3 is 0 Å². The average Bonchev–Trinajstić information content (AvgIpc) is 3.24. The number of halogens is 1. The van der Waals surface area contributed by atoms with Crippen LogP contribution >= 0.6 is 0 Å². The number of aromatic nitrogens is 4. The summed E-state index contributed by atoms with van der Waals surface area (Å²) in [5.41, 5.74) is 3.88. The van der Waals surface area contributed by atoms with Crippen LogP contribution in [0.2, 0.25) is 0 Å². The second-order valence-corrected chi connectivity index (χ2v) is 9.72. The van der Waals surface area contributed by atoms with Crippen LogP contribution in [0.15, 0.2) is 30.6 Å². The van der Waals surface area contributed by atoms with Gasteiger partial charge in [0.05, 0.1) is 23.1 Å². The zero-order chi connectivity index (χ0) is 24.2. The third kappa shape index (κ3) is 5.51. The number of fused-ring (bicyclic) bond motifs is 1. The number of rotatable bonds is 7. The molecule has 1 N–H and O–H groups in total. The summed E-state index contributed by atoms with van der Waals surface area (Å²) in [5.74, 6) is 0.414. The quantitative estimate of drug-likeness (QED) is 0.558. The van der Waals surface area contributed by atoms with Crippen LogP contribution in [0.3, 0.4) is 0 Å². The van der Waals surface area contributed by atoms with Crippen LogP contribution in [0.1, 0.15) is 37.8 Å². The molecule has 2 fully saturated rings. The highest BCUT2D eigenvalue weighted by Gasteiger charge is 2.25. The molecule has 186 valence electrons. The number of anilines is 1. The van der Waals surface area contributed by atoms with Gasteiger partial charge in [0.2, 0.25) is 5.91 Å². The number of pyridine rings is 2. The van der Waals surface area contributed by atoms with Gasteiger partial charge < -0.3 is 10.2 Å². The van der Waals surface area contributed by atoms with Crippen molar-refractivity contribution in [1.82, 2.24) is 29.5 Å². The predicted octanol–water partition coefficient (Wildman–Crippen LogP) is 3.64. The first kappa shape index (κ1) is 23.8. The molecule has 3 aromatic heterocycles. The van der Waals surface area contributed by atoms with Gasteiger partial charge in [-0.1, -0.05) is 6.42 Å². The van der Waals surface area contributed by atoms with Gasteiger partial charge in [0.1, 0.15) is 12.5 Å². The molecular weight excluding hydrogens is 445 g/mol. The number of hydrogen-bond acceptors (Lipinski definition) is 6. The lowest BCUT2D eigenvalue weighted by Crippen LogP contribution is -2.39. The van der Waals surface area contributed by atoms with Crippen molar-refractivity contribution in [1.29, 1.82) is 0 Å². The lowest BCUT2D eigenvalue weighted by atomic mass is 9.96. The number of hydrogen-bond donors (Lipinski definition) is 1. The third-order valence-electron chi connectivity index (χ3n) is 7.34. The minimum absolute atomic E-state index is 0.0241. The molecule has 0 aliphatic carbocycles. The average molecular weight is 480 g/mol. The normalized spacial score (nSPS) is 18.2. The van der Waals surface area contributed by atoms with Crippen LogP contribution in [0.25, 0.3) is 22.2 Å². The Balaban J connectivity index is 1.31.